The van der Waals surface area contributed by atoms with Crippen LogP contribution in [-0.4, -0.2) is 0 Å². The van der Waals surface area contributed by atoms with Crippen LogP contribution >= 0.6 is 0 Å². The summed E-state index contributed by atoms with van der Waals surface area (Å²) in [6, 6.07) is 0. The summed E-state index contributed by atoms with van der Waals surface area (Å²) in [5.41, 5.74) is 1.39. The van der Waals surface area contributed by atoms with Gasteiger partial charge in [-0.3, -0.25) is 0 Å². The highest BCUT2D eigenvalue weighted by atomic mass is 14.5. The van der Waals surface area contributed by atoms with Crippen molar-refractivity contribution in [3.8, 4) is 0 Å². The molecule has 1 unspecified atom stereocenters. The highest BCUT2D eigenvalue weighted by Gasteiger charge is 2.41. The van der Waals surface area contributed by atoms with Crippen LogP contribution in [0.2, 0.25) is 0 Å². The molecule has 0 aromatic heterocycles. The molecular formula is C12H24. The second-order valence-electron chi connectivity index (χ2n) is 5.05. The lowest BCUT2D eigenvalue weighted by molar-refractivity contribution is 0.218. The Morgan fingerprint density at radius 2 is 1.50 bits per heavy atom. The molecule has 0 aromatic rings. The summed E-state index contributed by atoms with van der Waals surface area (Å²) >= 11 is 0. The van der Waals surface area contributed by atoms with Crippen molar-refractivity contribution < 1.29 is 0 Å². The first-order valence-corrected chi connectivity index (χ1v) is 5.60. The molecule has 0 nitrogen and oxygen atoms in total. The molecule has 0 radical (unpaired) electrons. The van der Waals surface area contributed by atoms with E-state index in [1.165, 1.54) is 38.5 Å². The number of hydrogen-bond acceptors (Lipinski definition) is 0. The molecule has 0 bridgehead atoms. The molecule has 1 fully saturated rings. The van der Waals surface area contributed by atoms with Gasteiger partial charge in [-0.2, -0.15) is 0 Å². The third kappa shape index (κ3) is 1.67. The second kappa shape index (κ2) is 3.40. The molecule has 0 aliphatic heterocycles. The first-order valence-electron chi connectivity index (χ1n) is 5.60. The Bertz CT molecular complexity index is 144. The lowest BCUT2D eigenvalue weighted by atomic mass is 9.76. The van der Waals surface area contributed by atoms with E-state index >= 15 is 0 Å². The first-order chi connectivity index (χ1) is 5.60. The third-order valence-corrected chi connectivity index (χ3v) is 4.41. The van der Waals surface area contributed by atoms with Crippen LogP contribution in [0.15, 0.2) is 0 Å². The van der Waals surface area contributed by atoms with Gasteiger partial charge in [0.15, 0.2) is 0 Å². The average Bonchev–Trinajstić information content (AvgIpc) is 2.46. The lowest BCUT2D eigenvalue weighted by Crippen LogP contribution is -2.18. The summed E-state index contributed by atoms with van der Waals surface area (Å²) in [7, 11) is 0. The van der Waals surface area contributed by atoms with E-state index in [9.17, 15) is 0 Å². The lowest BCUT2D eigenvalue weighted by Gasteiger charge is -2.29. The van der Waals surface area contributed by atoms with Gasteiger partial charge in [0.25, 0.3) is 0 Å². The minimum Gasteiger partial charge on any atom is -0.0649 e. The van der Waals surface area contributed by atoms with Crippen molar-refractivity contribution in [3.63, 3.8) is 0 Å². The van der Waals surface area contributed by atoms with Gasteiger partial charge in [0, 0.05) is 0 Å². The highest BCUT2D eigenvalue weighted by Crippen LogP contribution is 2.54. The van der Waals surface area contributed by atoms with Crippen LogP contribution in [0.5, 0.6) is 0 Å². The van der Waals surface area contributed by atoms with Crippen LogP contribution < -0.4 is 0 Å². The van der Waals surface area contributed by atoms with Crippen LogP contribution in [-0.2, 0) is 0 Å². The van der Waals surface area contributed by atoms with Gasteiger partial charge in [0.1, 0.15) is 0 Å². The minimum atomic E-state index is 0.673. The second-order valence-corrected chi connectivity index (χ2v) is 5.05. The molecule has 0 saturated heterocycles. The summed E-state index contributed by atoms with van der Waals surface area (Å²) < 4.78 is 0. The molecule has 0 heteroatoms. The van der Waals surface area contributed by atoms with E-state index in [1.807, 2.05) is 0 Å². The summed E-state index contributed by atoms with van der Waals surface area (Å²) in [4.78, 5) is 0. The Balaban J connectivity index is 2.64. The smallest absolute Gasteiger partial charge is 0.0297 e. The first kappa shape index (κ1) is 10.1. The van der Waals surface area contributed by atoms with E-state index in [-0.39, 0.29) is 0 Å². The Morgan fingerprint density at radius 1 is 0.917 bits per heavy atom. The summed E-state index contributed by atoms with van der Waals surface area (Å²) in [6.45, 7) is 9.55. The fourth-order valence-corrected chi connectivity index (χ4v) is 2.80. The molecule has 72 valence electrons. The van der Waals surface area contributed by atoms with Crippen molar-refractivity contribution in [3.05, 3.63) is 0 Å². The van der Waals surface area contributed by atoms with Crippen LogP contribution in [0.3, 0.4) is 0 Å². The Labute approximate surface area is 77.7 Å². The van der Waals surface area contributed by atoms with Gasteiger partial charge in [0.2, 0.25) is 0 Å². The monoisotopic (exact) mass is 168 g/mol. The maximum atomic E-state index is 2.47. The zero-order valence-electron chi connectivity index (χ0n) is 9.24. The molecule has 0 N–H and O–H groups in total. The maximum Gasteiger partial charge on any atom is -0.0297 e. The van der Waals surface area contributed by atoms with Gasteiger partial charge >= 0.3 is 0 Å². The van der Waals surface area contributed by atoms with Gasteiger partial charge in [-0.25, -0.2) is 0 Å². The van der Waals surface area contributed by atoms with Gasteiger partial charge in [-0.1, -0.05) is 47.0 Å². The Kier molecular flexibility index (Phi) is 2.85. The van der Waals surface area contributed by atoms with Crippen LogP contribution in [0.1, 0.15) is 66.2 Å². The van der Waals surface area contributed by atoms with Crippen LogP contribution in [0.4, 0.5) is 0 Å². The van der Waals surface area contributed by atoms with Crippen LogP contribution in [0, 0.1) is 10.8 Å². The van der Waals surface area contributed by atoms with E-state index in [1.54, 1.807) is 0 Å². The summed E-state index contributed by atoms with van der Waals surface area (Å²) in [5.74, 6) is 0. The van der Waals surface area contributed by atoms with E-state index < -0.39 is 0 Å². The molecular weight excluding hydrogens is 144 g/mol. The normalized spacial score (nSPS) is 34.0. The molecule has 1 aliphatic rings. The molecule has 12 heavy (non-hydrogen) atoms. The molecule has 0 spiro atoms. The highest BCUT2D eigenvalue weighted by molar-refractivity contribution is 4.93. The maximum absolute atomic E-state index is 2.47. The van der Waals surface area contributed by atoms with E-state index in [0.717, 1.165) is 0 Å². The molecule has 0 aromatic carbocycles. The van der Waals surface area contributed by atoms with Crippen molar-refractivity contribution in [2.45, 2.75) is 66.2 Å². The molecule has 1 rings (SSSR count). The summed E-state index contributed by atoms with van der Waals surface area (Å²) in [5, 5.41) is 0. The minimum absolute atomic E-state index is 0.673. The van der Waals surface area contributed by atoms with E-state index in [0.29, 0.717) is 10.8 Å². The SMILES string of the molecule is CCC1(C)CCC(CC)(CC)C1. The number of hydrogen-bond donors (Lipinski definition) is 0. The topological polar surface area (TPSA) is 0 Å². The predicted molar refractivity (Wildman–Crippen MR) is 55.3 cm³/mol. The Hall–Kier alpha value is 0. The van der Waals surface area contributed by atoms with Crippen molar-refractivity contribution in [2.24, 2.45) is 10.8 Å². The molecule has 0 heterocycles. The quantitative estimate of drug-likeness (QED) is 0.586. The fourth-order valence-electron chi connectivity index (χ4n) is 2.80. The van der Waals surface area contributed by atoms with Crippen molar-refractivity contribution in [1.29, 1.82) is 0 Å². The van der Waals surface area contributed by atoms with Crippen molar-refractivity contribution in [1.82, 2.24) is 0 Å². The van der Waals surface area contributed by atoms with Gasteiger partial charge in [-0.15, -0.1) is 0 Å². The zero-order chi connectivity index (χ0) is 9.24. The van der Waals surface area contributed by atoms with Crippen molar-refractivity contribution >= 4 is 0 Å². The van der Waals surface area contributed by atoms with Gasteiger partial charge in [-0.05, 0) is 30.1 Å². The Morgan fingerprint density at radius 3 is 1.75 bits per heavy atom. The predicted octanol–water partition coefficient (Wildman–Crippen LogP) is 4.39. The number of rotatable bonds is 3. The average molecular weight is 168 g/mol. The molecule has 1 atom stereocenters. The van der Waals surface area contributed by atoms with Gasteiger partial charge < -0.3 is 0 Å². The van der Waals surface area contributed by atoms with Crippen molar-refractivity contribution in [2.75, 3.05) is 0 Å². The van der Waals surface area contributed by atoms with E-state index in [2.05, 4.69) is 27.7 Å². The third-order valence-electron chi connectivity index (χ3n) is 4.41. The summed E-state index contributed by atoms with van der Waals surface area (Å²) in [6.07, 6.45) is 8.56. The largest absolute Gasteiger partial charge is 0.0649 e. The van der Waals surface area contributed by atoms with E-state index in [4.69, 9.17) is 0 Å². The van der Waals surface area contributed by atoms with Gasteiger partial charge in [0.05, 0.1) is 0 Å². The van der Waals surface area contributed by atoms with Crippen LogP contribution in [0.25, 0.3) is 0 Å². The fraction of sp³-hybridized carbons (Fsp3) is 1.00. The standard InChI is InChI=1S/C12H24/c1-5-11(4)8-9-12(6-2,7-3)10-11/h5-10H2,1-4H3. The zero-order valence-corrected chi connectivity index (χ0v) is 9.24. The molecule has 1 aliphatic carbocycles. The molecule has 1 saturated carbocycles. The molecule has 0 amide bonds.